The molecule has 0 saturated carbocycles. The molecule has 7 heteroatoms. The number of anilines is 1. The summed E-state index contributed by atoms with van der Waals surface area (Å²) in [6.07, 6.45) is 1.47. The summed E-state index contributed by atoms with van der Waals surface area (Å²) in [5.41, 5.74) is 3.80. The van der Waals surface area contributed by atoms with Gasteiger partial charge in [-0.25, -0.2) is 9.69 Å². The maximum absolute atomic E-state index is 13.1. The monoisotopic (exact) mass is 504 g/mol. The van der Waals surface area contributed by atoms with Crippen LogP contribution >= 0.6 is 15.9 Å². The highest BCUT2D eigenvalue weighted by atomic mass is 79.9. The van der Waals surface area contributed by atoms with E-state index in [1.807, 2.05) is 44.2 Å². The molecule has 3 aromatic rings. The second kappa shape index (κ2) is 9.42. The maximum Gasteiger partial charge on any atom is 0.335 e. The van der Waals surface area contributed by atoms with Gasteiger partial charge in [0.05, 0.1) is 5.69 Å². The van der Waals surface area contributed by atoms with Crippen LogP contribution in [0.2, 0.25) is 0 Å². The smallest absolute Gasteiger partial charge is 0.335 e. The first kappa shape index (κ1) is 22.5. The van der Waals surface area contributed by atoms with E-state index in [-0.39, 0.29) is 5.57 Å². The molecule has 3 aromatic carbocycles. The molecule has 1 aliphatic rings. The van der Waals surface area contributed by atoms with Gasteiger partial charge in [-0.3, -0.25) is 14.9 Å². The minimum Gasteiger partial charge on any atom is -0.489 e. The van der Waals surface area contributed by atoms with Crippen molar-refractivity contribution < 1.29 is 19.1 Å². The van der Waals surface area contributed by atoms with Crippen LogP contribution in [0.15, 0.2) is 76.8 Å². The Bertz CT molecular complexity index is 1240. The lowest BCUT2D eigenvalue weighted by atomic mass is 10.1. The summed E-state index contributed by atoms with van der Waals surface area (Å²) >= 11 is 3.40. The van der Waals surface area contributed by atoms with Gasteiger partial charge >= 0.3 is 6.03 Å². The van der Waals surface area contributed by atoms with Gasteiger partial charge in [0.25, 0.3) is 11.8 Å². The lowest BCUT2D eigenvalue weighted by molar-refractivity contribution is -0.122. The molecular weight excluding hydrogens is 484 g/mol. The Kier molecular flexibility index (Phi) is 6.42. The summed E-state index contributed by atoms with van der Waals surface area (Å²) in [7, 11) is 0. The molecule has 0 aromatic heterocycles. The quantitative estimate of drug-likeness (QED) is 0.377. The molecule has 4 amide bonds. The van der Waals surface area contributed by atoms with Gasteiger partial charge in [0.15, 0.2) is 0 Å². The van der Waals surface area contributed by atoms with Gasteiger partial charge in [0.1, 0.15) is 17.9 Å². The van der Waals surface area contributed by atoms with Crippen molar-refractivity contribution in [2.24, 2.45) is 0 Å². The highest BCUT2D eigenvalue weighted by Crippen LogP contribution is 2.25. The zero-order valence-electron chi connectivity index (χ0n) is 18.1. The maximum atomic E-state index is 13.1. The molecule has 33 heavy (non-hydrogen) atoms. The van der Waals surface area contributed by atoms with E-state index in [9.17, 15) is 14.4 Å². The van der Waals surface area contributed by atoms with Crippen LogP contribution in [0.5, 0.6) is 5.75 Å². The molecule has 6 nitrogen and oxygen atoms in total. The van der Waals surface area contributed by atoms with E-state index in [1.54, 1.807) is 36.4 Å². The number of urea groups is 1. The number of nitrogens with one attached hydrogen (secondary N) is 1. The van der Waals surface area contributed by atoms with Crippen molar-refractivity contribution in [1.29, 1.82) is 0 Å². The number of hydrogen-bond acceptors (Lipinski definition) is 4. The standard InChI is InChI=1S/C26H21BrN2O4/c1-16-11-17(2)13-21(12-16)29-25(31)23(24(30)28-26(29)32)14-18-5-9-22(10-6-18)33-15-19-3-7-20(27)8-4-19/h3-14H,15H2,1-2H3,(H,28,30,32)/b23-14+. The van der Waals surface area contributed by atoms with Crippen LogP contribution in [0.4, 0.5) is 10.5 Å². The molecule has 0 radical (unpaired) electrons. The van der Waals surface area contributed by atoms with Crippen LogP contribution in [0.1, 0.15) is 22.3 Å². The first-order valence-corrected chi connectivity index (χ1v) is 11.1. The predicted molar refractivity (Wildman–Crippen MR) is 130 cm³/mol. The fraction of sp³-hybridized carbons (Fsp3) is 0.115. The van der Waals surface area contributed by atoms with Crippen molar-refractivity contribution in [3.8, 4) is 5.75 Å². The Morgan fingerprint density at radius 2 is 1.55 bits per heavy atom. The summed E-state index contributed by atoms with van der Waals surface area (Å²) in [5, 5.41) is 2.25. The first-order valence-electron chi connectivity index (χ1n) is 10.3. The zero-order valence-corrected chi connectivity index (χ0v) is 19.7. The van der Waals surface area contributed by atoms with Gasteiger partial charge in [-0.05, 0) is 78.6 Å². The van der Waals surface area contributed by atoms with Crippen molar-refractivity contribution >= 4 is 45.5 Å². The number of amides is 4. The van der Waals surface area contributed by atoms with Gasteiger partial charge in [0, 0.05) is 4.47 Å². The van der Waals surface area contributed by atoms with Gasteiger partial charge in [-0.15, -0.1) is 0 Å². The lowest BCUT2D eigenvalue weighted by Gasteiger charge is -2.27. The van der Waals surface area contributed by atoms with E-state index in [0.29, 0.717) is 23.6 Å². The number of carbonyl (C=O) groups excluding carboxylic acids is 3. The first-order chi connectivity index (χ1) is 15.8. The SMILES string of the molecule is Cc1cc(C)cc(N2C(=O)NC(=O)/C(=C\c3ccc(OCc4ccc(Br)cc4)cc3)C2=O)c1. The number of carbonyl (C=O) groups is 3. The van der Waals surface area contributed by atoms with Gasteiger partial charge in [-0.2, -0.15) is 0 Å². The molecule has 0 aliphatic carbocycles. The van der Waals surface area contributed by atoms with E-state index in [4.69, 9.17) is 4.74 Å². The number of aryl methyl sites for hydroxylation is 2. The van der Waals surface area contributed by atoms with Crippen molar-refractivity contribution in [1.82, 2.24) is 5.32 Å². The van der Waals surface area contributed by atoms with E-state index in [0.717, 1.165) is 26.1 Å². The molecule has 1 N–H and O–H groups in total. The van der Waals surface area contributed by atoms with Crippen molar-refractivity contribution in [3.63, 3.8) is 0 Å². The highest BCUT2D eigenvalue weighted by molar-refractivity contribution is 9.10. The molecule has 0 atom stereocenters. The Morgan fingerprint density at radius 1 is 0.909 bits per heavy atom. The average Bonchev–Trinajstić information content (AvgIpc) is 2.76. The van der Waals surface area contributed by atoms with E-state index in [1.165, 1.54) is 6.08 Å². The lowest BCUT2D eigenvalue weighted by Crippen LogP contribution is -2.54. The summed E-state index contributed by atoms with van der Waals surface area (Å²) in [4.78, 5) is 38.9. The molecule has 1 saturated heterocycles. The normalized spacial score (nSPS) is 15.1. The molecule has 166 valence electrons. The zero-order chi connectivity index (χ0) is 23.5. The molecule has 4 rings (SSSR count). The number of imide groups is 2. The number of hydrogen-bond donors (Lipinski definition) is 1. The second-order valence-electron chi connectivity index (χ2n) is 7.79. The topological polar surface area (TPSA) is 75.7 Å². The van der Waals surface area contributed by atoms with Gasteiger partial charge in [0.2, 0.25) is 0 Å². The third kappa shape index (κ3) is 5.21. The van der Waals surface area contributed by atoms with E-state index in [2.05, 4.69) is 21.2 Å². The number of barbiturate groups is 1. The average molecular weight is 505 g/mol. The van der Waals surface area contributed by atoms with E-state index < -0.39 is 17.8 Å². The number of benzene rings is 3. The van der Waals surface area contributed by atoms with Crippen LogP contribution in [0.25, 0.3) is 6.08 Å². The van der Waals surface area contributed by atoms with Crippen molar-refractivity contribution in [2.75, 3.05) is 4.90 Å². The summed E-state index contributed by atoms with van der Waals surface area (Å²) in [6.45, 7) is 4.18. The molecule has 1 heterocycles. The second-order valence-corrected chi connectivity index (χ2v) is 8.70. The summed E-state index contributed by atoms with van der Waals surface area (Å²) in [6, 6.07) is 19.5. The third-order valence-electron chi connectivity index (χ3n) is 5.08. The largest absolute Gasteiger partial charge is 0.489 e. The molecular formula is C26H21BrN2O4. The van der Waals surface area contributed by atoms with Crippen LogP contribution in [-0.2, 0) is 16.2 Å². The fourth-order valence-corrected chi connectivity index (χ4v) is 3.81. The Hall–Kier alpha value is -3.71. The molecule has 0 unspecified atom stereocenters. The Labute approximate surface area is 200 Å². The fourth-order valence-electron chi connectivity index (χ4n) is 3.55. The predicted octanol–water partition coefficient (Wildman–Crippen LogP) is 5.31. The molecule has 0 spiro atoms. The number of halogens is 1. The third-order valence-corrected chi connectivity index (χ3v) is 5.60. The minimum absolute atomic E-state index is 0.114. The van der Waals surface area contributed by atoms with Crippen LogP contribution < -0.4 is 15.0 Å². The Morgan fingerprint density at radius 3 is 2.18 bits per heavy atom. The van der Waals surface area contributed by atoms with Crippen molar-refractivity contribution in [3.05, 3.63) is 99.0 Å². The summed E-state index contributed by atoms with van der Waals surface area (Å²) < 4.78 is 6.80. The minimum atomic E-state index is -0.760. The number of ether oxygens (including phenoxy) is 1. The summed E-state index contributed by atoms with van der Waals surface area (Å²) in [5.74, 6) is -0.725. The number of rotatable bonds is 5. The van der Waals surface area contributed by atoms with Crippen LogP contribution in [0, 0.1) is 13.8 Å². The molecule has 1 aliphatic heterocycles. The molecule has 1 fully saturated rings. The highest BCUT2D eigenvalue weighted by Gasteiger charge is 2.36. The van der Waals surface area contributed by atoms with Crippen LogP contribution in [0.3, 0.4) is 0 Å². The van der Waals surface area contributed by atoms with Gasteiger partial charge < -0.3 is 4.74 Å². The van der Waals surface area contributed by atoms with Gasteiger partial charge in [-0.1, -0.05) is 46.3 Å². The number of nitrogens with zero attached hydrogens (tertiary/aromatic N) is 1. The van der Waals surface area contributed by atoms with Crippen molar-refractivity contribution in [2.45, 2.75) is 20.5 Å². The van der Waals surface area contributed by atoms with Crippen LogP contribution in [-0.4, -0.2) is 17.8 Å². The van der Waals surface area contributed by atoms with E-state index >= 15 is 0 Å². The molecule has 0 bridgehead atoms. The Balaban J connectivity index is 1.53.